The number of hydrogen-bond acceptors (Lipinski definition) is 3. The van der Waals surface area contributed by atoms with Crippen molar-refractivity contribution in [3.8, 4) is 0 Å². The van der Waals surface area contributed by atoms with E-state index < -0.39 is 0 Å². The van der Waals surface area contributed by atoms with Gasteiger partial charge in [-0.15, -0.1) is 0 Å². The minimum Gasteiger partial charge on any atom is -0.347 e. The van der Waals surface area contributed by atoms with Crippen LogP contribution in [0.1, 0.15) is 5.69 Å². The lowest BCUT2D eigenvalue weighted by atomic mass is 10.3. The largest absolute Gasteiger partial charge is 0.347 e. The van der Waals surface area contributed by atoms with Crippen LogP contribution in [0.25, 0.3) is 0 Å². The molecule has 0 aliphatic rings. The highest BCUT2D eigenvalue weighted by Crippen LogP contribution is 2.12. The maximum absolute atomic E-state index is 5.38. The van der Waals surface area contributed by atoms with Crippen molar-refractivity contribution in [3.63, 3.8) is 0 Å². The molecule has 0 amide bonds. The summed E-state index contributed by atoms with van der Waals surface area (Å²) < 4.78 is 0. The maximum Gasteiger partial charge on any atom is 0.174 e. The van der Waals surface area contributed by atoms with Crippen LogP contribution in [-0.2, 0) is 6.42 Å². The van der Waals surface area contributed by atoms with Crippen molar-refractivity contribution in [2.45, 2.75) is 6.42 Å². The number of aromatic nitrogens is 2. The van der Waals surface area contributed by atoms with Crippen LogP contribution in [0.2, 0.25) is 0 Å². The molecular formula is C7H11N5. The average molecular weight is 165 g/mol. The summed E-state index contributed by atoms with van der Waals surface area (Å²) in [6.07, 6.45) is 3.68. The molecule has 1 rings (SSSR count). The molecular weight excluding hydrogens is 154 g/mol. The van der Waals surface area contributed by atoms with Gasteiger partial charge in [0.1, 0.15) is 6.34 Å². The summed E-state index contributed by atoms with van der Waals surface area (Å²) in [5.41, 5.74) is 6.31. The van der Waals surface area contributed by atoms with Crippen LogP contribution in [0, 0.1) is 0 Å². The quantitative estimate of drug-likeness (QED) is 0.496. The highest BCUT2D eigenvalue weighted by atomic mass is 15.0. The number of aromatic amines is 1. The predicted octanol–water partition coefficient (Wildman–Crippen LogP) is 0.271. The smallest absolute Gasteiger partial charge is 0.174 e. The summed E-state index contributed by atoms with van der Waals surface area (Å²) in [4.78, 5) is 14.4. The van der Waals surface area contributed by atoms with E-state index in [0.717, 1.165) is 12.1 Å². The van der Waals surface area contributed by atoms with Gasteiger partial charge in [0, 0.05) is 6.42 Å². The van der Waals surface area contributed by atoms with Crippen molar-refractivity contribution < 1.29 is 0 Å². The monoisotopic (exact) mass is 165 g/mol. The molecule has 0 saturated carbocycles. The Morgan fingerprint density at radius 3 is 3.25 bits per heavy atom. The summed E-state index contributed by atoms with van der Waals surface area (Å²) in [6.45, 7) is 3.85. The van der Waals surface area contributed by atoms with Gasteiger partial charge in [-0.1, -0.05) is 0 Å². The minimum absolute atomic E-state index is 0.576. The number of nitrogens with two attached hydrogens (primary N) is 1. The van der Waals surface area contributed by atoms with Gasteiger partial charge in [-0.3, -0.25) is 4.99 Å². The number of H-pyrrole nitrogens is 1. The number of imidazole rings is 1. The second-order valence-electron chi connectivity index (χ2n) is 2.17. The Bertz CT molecular complexity index is 275. The summed E-state index contributed by atoms with van der Waals surface area (Å²) in [5, 5.41) is 0. The molecule has 12 heavy (non-hydrogen) atoms. The zero-order valence-corrected chi connectivity index (χ0v) is 6.70. The van der Waals surface area contributed by atoms with Gasteiger partial charge in [0.2, 0.25) is 0 Å². The van der Waals surface area contributed by atoms with E-state index in [4.69, 9.17) is 5.73 Å². The number of nitrogens with one attached hydrogen (secondary N) is 1. The first kappa shape index (κ1) is 8.61. The summed E-state index contributed by atoms with van der Waals surface area (Å²) in [6, 6.07) is 0. The summed E-state index contributed by atoms with van der Waals surface area (Å²) >= 11 is 0. The zero-order chi connectivity index (χ0) is 8.81. The van der Waals surface area contributed by atoms with Crippen molar-refractivity contribution in [1.82, 2.24) is 9.97 Å². The van der Waals surface area contributed by atoms with E-state index in [1.807, 2.05) is 0 Å². The number of nitrogens with zero attached hydrogens (tertiary/aromatic N) is 3. The molecule has 64 valence electrons. The van der Waals surface area contributed by atoms with Crippen molar-refractivity contribution in [2.24, 2.45) is 15.7 Å². The van der Waals surface area contributed by atoms with Crippen LogP contribution in [-0.4, -0.2) is 29.6 Å². The van der Waals surface area contributed by atoms with Crippen LogP contribution in [0.3, 0.4) is 0 Å². The van der Waals surface area contributed by atoms with Crippen molar-refractivity contribution in [2.75, 3.05) is 6.54 Å². The van der Waals surface area contributed by atoms with Gasteiger partial charge in [-0.05, 0) is 13.3 Å². The first-order valence-corrected chi connectivity index (χ1v) is 3.59. The third kappa shape index (κ3) is 2.00. The predicted molar refractivity (Wildman–Crippen MR) is 49.0 cm³/mol. The number of hydrogen-bond donors (Lipinski definition) is 2. The minimum atomic E-state index is 0.576. The summed E-state index contributed by atoms with van der Waals surface area (Å²) in [7, 11) is 0. The third-order valence-electron chi connectivity index (χ3n) is 1.35. The fourth-order valence-electron chi connectivity index (χ4n) is 0.849. The third-order valence-corrected chi connectivity index (χ3v) is 1.35. The molecule has 0 saturated heterocycles. The zero-order valence-electron chi connectivity index (χ0n) is 6.70. The molecule has 1 heterocycles. The van der Waals surface area contributed by atoms with Gasteiger partial charge in [0.25, 0.3) is 0 Å². The van der Waals surface area contributed by atoms with Crippen LogP contribution in [0.15, 0.2) is 16.3 Å². The van der Waals surface area contributed by atoms with Crippen molar-refractivity contribution in [1.29, 1.82) is 0 Å². The first-order valence-electron chi connectivity index (χ1n) is 3.59. The van der Waals surface area contributed by atoms with Gasteiger partial charge < -0.3 is 10.7 Å². The Morgan fingerprint density at radius 2 is 2.58 bits per heavy atom. The van der Waals surface area contributed by atoms with Gasteiger partial charge in [-0.2, -0.15) is 0 Å². The van der Waals surface area contributed by atoms with Crippen LogP contribution in [0.5, 0.6) is 0 Å². The lowest BCUT2D eigenvalue weighted by Gasteiger charge is -1.92. The van der Waals surface area contributed by atoms with E-state index >= 15 is 0 Å². The molecule has 0 fully saturated rings. The lowest BCUT2D eigenvalue weighted by Crippen LogP contribution is -2.02. The van der Waals surface area contributed by atoms with Gasteiger partial charge >= 0.3 is 0 Å². The standard InChI is InChI=1S/C7H11N5/c1-9-4-11-7-6(2-3-8)10-5-12-7/h4-5H,1-3,8H2,(H,10,12). The highest BCUT2D eigenvalue weighted by molar-refractivity contribution is 5.65. The Labute approximate surface area is 70.5 Å². The van der Waals surface area contributed by atoms with E-state index in [-0.39, 0.29) is 0 Å². The Balaban J connectivity index is 2.76. The molecule has 0 unspecified atom stereocenters. The number of rotatable bonds is 4. The molecule has 5 nitrogen and oxygen atoms in total. The van der Waals surface area contributed by atoms with Crippen molar-refractivity contribution in [3.05, 3.63) is 12.0 Å². The van der Waals surface area contributed by atoms with E-state index in [0.29, 0.717) is 12.4 Å². The van der Waals surface area contributed by atoms with Crippen molar-refractivity contribution >= 4 is 18.9 Å². The van der Waals surface area contributed by atoms with E-state index in [9.17, 15) is 0 Å². The van der Waals surface area contributed by atoms with E-state index in [2.05, 4.69) is 26.7 Å². The molecule has 0 bridgehead atoms. The van der Waals surface area contributed by atoms with Gasteiger partial charge in [-0.25, -0.2) is 9.98 Å². The Morgan fingerprint density at radius 1 is 1.75 bits per heavy atom. The molecule has 0 spiro atoms. The molecule has 0 aliphatic carbocycles. The van der Waals surface area contributed by atoms with Gasteiger partial charge in [0.15, 0.2) is 5.82 Å². The second-order valence-corrected chi connectivity index (χ2v) is 2.17. The highest BCUT2D eigenvalue weighted by Gasteiger charge is 2.00. The van der Waals surface area contributed by atoms with Crippen LogP contribution in [0.4, 0.5) is 5.82 Å². The van der Waals surface area contributed by atoms with Gasteiger partial charge in [0.05, 0.1) is 12.0 Å². The fourth-order valence-corrected chi connectivity index (χ4v) is 0.849. The molecule has 3 N–H and O–H groups in total. The topological polar surface area (TPSA) is 79.4 Å². The average Bonchev–Trinajstić information content (AvgIpc) is 2.50. The molecule has 1 aromatic rings. The fraction of sp³-hybridized carbons (Fsp3) is 0.286. The molecule has 1 aromatic heterocycles. The Hall–Kier alpha value is -1.49. The van der Waals surface area contributed by atoms with Crippen LogP contribution >= 0.6 is 0 Å². The lowest BCUT2D eigenvalue weighted by molar-refractivity contribution is 0.934. The normalized spacial score (nSPS) is 10.8. The molecule has 5 heteroatoms. The van der Waals surface area contributed by atoms with E-state index in [1.165, 1.54) is 6.34 Å². The molecule has 0 aliphatic heterocycles. The molecule has 0 radical (unpaired) electrons. The summed E-state index contributed by atoms with van der Waals surface area (Å²) in [5.74, 6) is 0.632. The van der Waals surface area contributed by atoms with Crippen LogP contribution < -0.4 is 5.73 Å². The van der Waals surface area contributed by atoms with E-state index in [1.54, 1.807) is 6.33 Å². The molecule has 0 atom stereocenters. The number of aliphatic imine (C=N–C) groups is 2. The first-order chi connectivity index (χ1) is 5.88. The SMILES string of the molecule is C=NC=Nc1nc[nH]c1CCN. The Kier molecular flexibility index (Phi) is 3.16. The second kappa shape index (κ2) is 4.40. The molecule has 0 aromatic carbocycles. The maximum atomic E-state index is 5.38.